The Labute approximate surface area is 230 Å². The molecule has 0 unspecified atom stereocenters. The molecular weight excluding hydrogens is 520 g/mol. The number of aliphatic carboxylic acids is 1. The fourth-order valence-corrected chi connectivity index (χ4v) is 5.23. The van der Waals surface area contributed by atoms with Crippen LogP contribution in [0.25, 0.3) is 21.9 Å². The number of hydrogen-bond acceptors (Lipinski definition) is 4. The number of rotatable bonds is 6. The molecule has 36 heavy (non-hydrogen) atoms. The van der Waals surface area contributed by atoms with Gasteiger partial charge in [-0.1, -0.05) is 53.5 Å². The van der Waals surface area contributed by atoms with Crippen molar-refractivity contribution in [3.8, 4) is 11.1 Å². The van der Waals surface area contributed by atoms with Crippen LogP contribution in [0, 0.1) is 6.92 Å². The number of carbonyl (C=O) groups is 1. The summed E-state index contributed by atoms with van der Waals surface area (Å²) in [6.07, 6.45) is -0.118. The van der Waals surface area contributed by atoms with Crippen molar-refractivity contribution < 1.29 is 48.1 Å². The summed E-state index contributed by atoms with van der Waals surface area (Å²) >= 11 is 12.2. The van der Waals surface area contributed by atoms with Crippen LogP contribution in [0.4, 0.5) is 5.69 Å². The smallest absolute Gasteiger partial charge is 0.870 e. The molecule has 11 heteroatoms. The summed E-state index contributed by atoms with van der Waals surface area (Å²) in [6, 6.07) is 20.2. The van der Waals surface area contributed by atoms with E-state index in [2.05, 4.69) is 4.72 Å². The fraction of sp³-hybridized carbons (Fsp3) is 0.0800. The number of nitrogens with one attached hydrogen (secondary N) is 1. The van der Waals surface area contributed by atoms with Gasteiger partial charge >= 0.3 is 24.8 Å². The van der Waals surface area contributed by atoms with Crippen molar-refractivity contribution in [3.63, 3.8) is 0 Å². The first-order chi connectivity index (χ1) is 15.6. The van der Waals surface area contributed by atoms with Crippen LogP contribution in [-0.4, -0.2) is 30.4 Å². The van der Waals surface area contributed by atoms with Gasteiger partial charge in [-0.3, -0.25) is 9.52 Å². The maximum atomic E-state index is 12.8. The van der Waals surface area contributed by atoms with E-state index in [1.165, 1.54) is 18.2 Å². The van der Waals surface area contributed by atoms with E-state index in [0.29, 0.717) is 21.3 Å². The molecule has 0 amide bonds. The van der Waals surface area contributed by atoms with E-state index in [0.717, 1.165) is 27.5 Å². The minimum absolute atomic E-state index is 0. The third-order valence-corrected chi connectivity index (χ3v) is 7.21. The molecule has 0 aliphatic rings. The predicted octanol–water partition coefficient (Wildman–Crippen LogP) is 2.55. The van der Waals surface area contributed by atoms with E-state index in [1.807, 2.05) is 25.1 Å². The molecule has 4 rings (SSSR count). The Morgan fingerprint density at radius 1 is 0.944 bits per heavy atom. The van der Waals surface area contributed by atoms with E-state index in [4.69, 9.17) is 23.2 Å². The molecule has 0 saturated heterocycles. The van der Waals surface area contributed by atoms with Gasteiger partial charge in [-0.05, 0) is 82.4 Å². The topological polar surface area (TPSA) is 145 Å². The molecule has 184 valence electrons. The van der Waals surface area contributed by atoms with E-state index in [1.54, 1.807) is 36.4 Å². The van der Waals surface area contributed by atoms with Crippen molar-refractivity contribution in [2.24, 2.45) is 0 Å². The van der Waals surface area contributed by atoms with Gasteiger partial charge in [-0.25, -0.2) is 8.42 Å². The van der Waals surface area contributed by atoms with Crippen LogP contribution < -0.4 is 23.6 Å². The molecule has 0 atom stereocenters. The maximum Gasteiger partial charge on any atom is 1.00 e. The van der Waals surface area contributed by atoms with Crippen LogP contribution in [0.5, 0.6) is 0 Å². The zero-order valence-electron chi connectivity index (χ0n) is 19.4. The summed E-state index contributed by atoms with van der Waals surface area (Å²) in [5.74, 6) is -0.925. The Morgan fingerprint density at radius 3 is 2.19 bits per heavy atom. The van der Waals surface area contributed by atoms with Gasteiger partial charge < -0.3 is 16.1 Å². The van der Waals surface area contributed by atoms with Gasteiger partial charge in [0.15, 0.2) is 0 Å². The van der Waals surface area contributed by atoms with E-state index >= 15 is 0 Å². The second-order valence-electron chi connectivity index (χ2n) is 7.61. The monoisotopic (exact) mass is 541 g/mol. The first-order valence-electron chi connectivity index (χ1n) is 9.96. The zero-order valence-corrected chi connectivity index (χ0v) is 21.7. The Bertz CT molecular complexity index is 1490. The van der Waals surface area contributed by atoms with Crippen molar-refractivity contribution in [2.45, 2.75) is 18.2 Å². The Morgan fingerprint density at radius 2 is 1.58 bits per heavy atom. The number of hydrogen-bond donors (Lipinski definition) is 2. The van der Waals surface area contributed by atoms with Gasteiger partial charge in [-0.2, -0.15) is 0 Å². The number of carboxylic acid groups (broad SMARTS) is 1. The van der Waals surface area contributed by atoms with Crippen molar-refractivity contribution in [1.82, 2.24) is 0 Å². The molecule has 4 aromatic carbocycles. The normalized spacial score (nSPS) is 10.5. The average molecular weight is 542 g/mol. The number of halogens is 2. The standard InChI is InChI=1S/C25H19Cl2NO4S.Li.2H2O/c1-15-18(12-24(29)30)11-17-5-8-20(27)14-23(17)25(15)16-6-9-22(10-7-16)33(31,32)28-21-4-2-3-19(26)13-21;;;/h2-11,13-14,28H,12H2,1H3,(H,29,30);;2*1H2/q;+1;;/p-1. The Kier molecular flexibility index (Phi) is 11.0. The first kappa shape index (κ1) is 31.5. The van der Waals surface area contributed by atoms with E-state index < -0.39 is 16.0 Å². The van der Waals surface area contributed by atoms with Gasteiger partial charge in [0.1, 0.15) is 0 Å². The fourth-order valence-electron chi connectivity index (χ4n) is 3.81. The van der Waals surface area contributed by atoms with Crippen molar-refractivity contribution in [3.05, 3.63) is 94.0 Å². The summed E-state index contributed by atoms with van der Waals surface area (Å²) in [7, 11) is -3.82. The molecule has 0 aliphatic carbocycles. The van der Waals surface area contributed by atoms with Crippen LogP contribution in [0.3, 0.4) is 0 Å². The number of sulfonamides is 1. The number of anilines is 1. The van der Waals surface area contributed by atoms with Crippen LogP contribution in [0.2, 0.25) is 10.0 Å². The second kappa shape index (κ2) is 12.6. The predicted molar refractivity (Wildman–Crippen MR) is 138 cm³/mol. The molecule has 0 saturated carbocycles. The van der Waals surface area contributed by atoms with Crippen LogP contribution in [0.1, 0.15) is 11.1 Å². The summed E-state index contributed by atoms with van der Waals surface area (Å²) in [5, 5.41) is 12.0. The molecule has 0 fully saturated rings. The summed E-state index contributed by atoms with van der Waals surface area (Å²) in [5.41, 5.74) is 3.43. The molecule has 0 spiro atoms. The minimum Gasteiger partial charge on any atom is -0.870 e. The summed E-state index contributed by atoms with van der Waals surface area (Å²) < 4.78 is 28.2. The molecule has 0 bridgehead atoms. The number of fused-ring (bicyclic) bond motifs is 1. The van der Waals surface area contributed by atoms with Crippen molar-refractivity contribution >= 4 is 55.7 Å². The summed E-state index contributed by atoms with van der Waals surface area (Å²) in [6.45, 7) is 1.86. The number of benzene rings is 4. The van der Waals surface area contributed by atoms with Crippen LogP contribution in [0.15, 0.2) is 77.7 Å². The second-order valence-corrected chi connectivity index (χ2v) is 10.2. The average Bonchev–Trinajstić information content (AvgIpc) is 2.74. The Hall–Kier alpha value is -2.54. The van der Waals surface area contributed by atoms with Crippen molar-refractivity contribution in [2.75, 3.05) is 4.72 Å². The SMILES string of the molecule is Cc1c(CC(=O)O)cc2ccc(Cl)cc2c1-c1ccc(S(=O)(=O)Nc2cccc(Cl)c2)cc1.O.[Li+].[OH-]. The van der Waals surface area contributed by atoms with Crippen LogP contribution in [-0.2, 0) is 21.2 Å². The minimum atomic E-state index is -3.82. The molecule has 7 nitrogen and oxygen atoms in total. The zero-order chi connectivity index (χ0) is 23.8. The summed E-state index contributed by atoms with van der Waals surface area (Å²) in [4.78, 5) is 11.5. The molecule has 0 radical (unpaired) electrons. The molecule has 0 aliphatic heterocycles. The van der Waals surface area contributed by atoms with Gasteiger partial charge in [0.05, 0.1) is 17.0 Å². The van der Waals surface area contributed by atoms with Gasteiger partial charge in [0, 0.05) is 10.0 Å². The molecule has 4 aromatic rings. The number of carboxylic acids is 1. The molecule has 5 N–H and O–H groups in total. The first-order valence-corrected chi connectivity index (χ1v) is 12.2. The van der Waals surface area contributed by atoms with Crippen LogP contribution >= 0.6 is 23.2 Å². The third kappa shape index (κ3) is 6.81. The third-order valence-electron chi connectivity index (χ3n) is 5.34. The molecule has 0 aromatic heterocycles. The van der Waals surface area contributed by atoms with Gasteiger partial charge in [0.2, 0.25) is 0 Å². The molecular formula is C25H22Cl2LiNO6S. The van der Waals surface area contributed by atoms with Gasteiger partial charge in [0.25, 0.3) is 10.0 Å². The Balaban J connectivity index is 0.00000216. The largest absolute Gasteiger partial charge is 1.00 e. The van der Waals surface area contributed by atoms with Crippen molar-refractivity contribution in [1.29, 1.82) is 0 Å². The van der Waals surface area contributed by atoms with E-state index in [9.17, 15) is 18.3 Å². The molecule has 0 heterocycles. The maximum absolute atomic E-state index is 12.8. The van der Waals surface area contributed by atoms with E-state index in [-0.39, 0.29) is 41.1 Å². The quantitative estimate of drug-likeness (QED) is 0.360. The van der Waals surface area contributed by atoms with Gasteiger partial charge in [-0.15, -0.1) is 0 Å².